The quantitative estimate of drug-likeness (QED) is 0.171. The van der Waals surface area contributed by atoms with Gasteiger partial charge in [-0.3, -0.25) is 10.1 Å². The molecule has 2 aromatic heterocycles. The first-order valence-corrected chi connectivity index (χ1v) is 10.6. The fraction of sp³-hybridized carbons (Fsp3) is 0.0435. The van der Waals surface area contributed by atoms with E-state index in [9.17, 15) is 10.1 Å². The zero-order valence-corrected chi connectivity index (χ0v) is 17.7. The lowest BCUT2D eigenvalue weighted by molar-refractivity contribution is -0.384. The molecule has 8 nitrogen and oxygen atoms in total. The molecule has 2 heterocycles. The topological polar surface area (TPSA) is 98.0 Å². The van der Waals surface area contributed by atoms with Crippen LogP contribution >= 0.6 is 11.3 Å². The van der Waals surface area contributed by atoms with Crippen LogP contribution in [0.15, 0.2) is 89.1 Å². The Morgan fingerprint density at radius 1 is 0.906 bits per heavy atom. The highest BCUT2D eigenvalue weighted by atomic mass is 32.1. The number of thiazole rings is 1. The molecule has 0 aliphatic heterocycles. The van der Waals surface area contributed by atoms with Gasteiger partial charge in [-0.2, -0.15) is 4.98 Å². The summed E-state index contributed by atoms with van der Waals surface area (Å²) in [6.45, 7) is 1.99. The summed E-state index contributed by atoms with van der Waals surface area (Å²) < 4.78 is 1.75. The number of fused-ring (bicyclic) bond motifs is 1. The minimum atomic E-state index is -0.428. The Hall–Kier alpha value is -4.24. The second-order valence-corrected chi connectivity index (χ2v) is 8.00. The third-order valence-corrected chi connectivity index (χ3v) is 5.84. The van der Waals surface area contributed by atoms with Gasteiger partial charge in [0.2, 0.25) is 4.96 Å². The molecule has 0 N–H and O–H groups in total. The molecular formula is C23H16N6O2S. The van der Waals surface area contributed by atoms with E-state index in [1.54, 1.807) is 16.6 Å². The van der Waals surface area contributed by atoms with Crippen LogP contribution in [-0.4, -0.2) is 19.5 Å². The number of nitro groups is 1. The second kappa shape index (κ2) is 8.12. The zero-order chi connectivity index (χ0) is 22.1. The number of hydrogen-bond donors (Lipinski definition) is 0. The van der Waals surface area contributed by atoms with Gasteiger partial charge in [0.25, 0.3) is 5.69 Å². The number of nitrogens with zero attached hydrogens (tertiary/aromatic N) is 6. The van der Waals surface area contributed by atoms with Crippen molar-refractivity contribution in [2.24, 2.45) is 10.2 Å². The third kappa shape index (κ3) is 3.65. The van der Waals surface area contributed by atoms with E-state index in [0.29, 0.717) is 21.3 Å². The molecule has 5 rings (SSSR count). The standard InChI is InChI=1S/C23H16N6O2S/c1-15-7-5-6-10-19(15)25-26-22-20(16-8-3-2-4-9-16)28-23(32-22)24-21(27-28)17-11-13-18(14-12-17)29(30)31/h2-14H,1H3. The number of hydrogen-bond acceptors (Lipinski definition) is 7. The Bertz CT molecular complexity index is 1460. The van der Waals surface area contributed by atoms with E-state index in [2.05, 4.69) is 20.3 Å². The van der Waals surface area contributed by atoms with E-state index >= 15 is 0 Å². The zero-order valence-electron chi connectivity index (χ0n) is 16.9. The van der Waals surface area contributed by atoms with Gasteiger partial charge in [-0.25, -0.2) is 4.52 Å². The molecule has 5 aromatic rings. The highest BCUT2D eigenvalue weighted by Gasteiger charge is 2.19. The van der Waals surface area contributed by atoms with E-state index in [-0.39, 0.29) is 5.69 Å². The van der Waals surface area contributed by atoms with Crippen LogP contribution in [0.2, 0.25) is 0 Å². The monoisotopic (exact) mass is 440 g/mol. The van der Waals surface area contributed by atoms with Crippen LogP contribution in [0.5, 0.6) is 0 Å². The fourth-order valence-corrected chi connectivity index (χ4v) is 4.18. The number of nitro benzene ring substituents is 1. The van der Waals surface area contributed by atoms with Crippen molar-refractivity contribution >= 4 is 32.7 Å². The summed E-state index contributed by atoms with van der Waals surface area (Å²) >= 11 is 1.39. The van der Waals surface area contributed by atoms with Gasteiger partial charge in [0.05, 0.1) is 10.6 Å². The Balaban J connectivity index is 1.61. The molecular weight excluding hydrogens is 424 g/mol. The van der Waals surface area contributed by atoms with Crippen molar-refractivity contribution in [3.63, 3.8) is 0 Å². The van der Waals surface area contributed by atoms with Gasteiger partial charge in [0.1, 0.15) is 5.69 Å². The van der Waals surface area contributed by atoms with Crippen molar-refractivity contribution in [1.82, 2.24) is 14.6 Å². The van der Waals surface area contributed by atoms with Gasteiger partial charge in [0.15, 0.2) is 10.8 Å². The first kappa shape index (κ1) is 19.7. The summed E-state index contributed by atoms with van der Waals surface area (Å²) in [4.78, 5) is 15.8. The molecule has 0 bridgehead atoms. The normalized spacial score (nSPS) is 11.4. The summed E-state index contributed by atoms with van der Waals surface area (Å²) in [5.74, 6) is 0.491. The number of aryl methyl sites for hydroxylation is 1. The first-order valence-electron chi connectivity index (χ1n) is 9.77. The predicted octanol–water partition coefficient (Wildman–Crippen LogP) is 6.76. The molecule has 0 spiro atoms. The van der Waals surface area contributed by atoms with Crippen LogP contribution in [0.4, 0.5) is 16.4 Å². The largest absolute Gasteiger partial charge is 0.269 e. The predicted molar refractivity (Wildman–Crippen MR) is 124 cm³/mol. The second-order valence-electron chi connectivity index (χ2n) is 7.04. The number of rotatable bonds is 5. The Morgan fingerprint density at radius 2 is 1.62 bits per heavy atom. The highest BCUT2D eigenvalue weighted by Crippen LogP contribution is 2.39. The summed E-state index contributed by atoms with van der Waals surface area (Å²) in [6.07, 6.45) is 0. The van der Waals surface area contributed by atoms with E-state index in [1.165, 1.54) is 23.5 Å². The van der Waals surface area contributed by atoms with Crippen molar-refractivity contribution in [3.8, 4) is 22.6 Å². The molecule has 0 amide bonds. The lowest BCUT2D eigenvalue weighted by atomic mass is 10.2. The van der Waals surface area contributed by atoms with Crippen molar-refractivity contribution in [1.29, 1.82) is 0 Å². The van der Waals surface area contributed by atoms with E-state index < -0.39 is 4.92 Å². The molecule has 0 saturated carbocycles. The molecule has 9 heteroatoms. The molecule has 0 fully saturated rings. The fourth-order valence-electron chi connectivity index (χ4n) is 3.27. The average molecular weight is 440 g/mol. The molecule has 0 saturated heterocycles. The molecule has 0 aliphatic carbocycles. The number of benzene rings is 3. The van der Waals surface area contributed by atoms with Crippen LogP contribution in [0.25, 0.3) is 27.6 Å². The van der Waals surface area contributed by atoms with Gasteiger partial charge in [-0.05, 0) is 30.7 Å². The molecule has 0 aliphatic rings. The molecule has 0 atom stereocenters. The minimum absolute atomic E-state index is 0.0265. The molecule has 32 heavy (non-hydrogen) atoms. The molecule has 3 aromatic carbocycles. The van der Waals surface area contributed by atoms with E-state index in [1.807, 2.05) is 61.5 Å². The maximum absolute atomic E-state index is 10.9. The van der Waals surface area contributed by atoms with Crippen molar-refractivity contribution < 1.29 is 4.92 Å². The lowest BCUT2D eigenvalue weighted by Gasteiger charge is -2.01. The SMILES string of the molecule is Cc1ccccc1N=Nc1sc2nc(-c3ccc([N+](=O)[O-])cc3)nn2c1-c1ccccc1. The maximum atomic E-state index is 10.9. The smallest absolute Gasteiger partial charge is 0.258 e. The first-order chi connectivity index (χ1) is 15.6. The van der Waals surface area contributed by atoms with Crippen molar-refractivity contribution in [3.05, 3.63) is 94.5 Å². The van der Waals surface area contributed by atoms with Gasteiger partial charge in [-0.1, -0.05) is 59.9 Å². The van der Waals surface area contributed by atoms with Crippen LogP contribution in [0, 0.1) is 17.0 Å². The summed E-state index contributed by atoms with van der Waals surface area (Å²) in [6, 6.07) is 23.8. The maximum Gasteiger partial charge on any atom is 0.269 e. The van der Waals surface area contributed by atoms with Crippen molar-refractivity contribution in [2.75, 3.05) is 0 Å². The van der Waals surface area contributed by atoms with Gasteiger partial charge in [-0.15, -0.1) is 15.3 Å². The van der Waals surface area contributed by atoms with Gasteiger partial charge in [0, 0.05) is 23.3 Å². The minimum Gasteiger partial charge on any atom is -0.258 e. The van der Waals surface area contributed by atoms with Crippen LogP contribution < -0.4 is 0 Å². The van der Waals surface area contributed by atoms with Crippen LogP contribution in [-0.2, 0) is 0 Å². The highest BCUT2D eigenvalue weighted by molar-refractivity contribution is 7.21. The number of non-ortho nitro benzene ring substituents is 1. The van der Waals surface area contributed by atoms with E-state index in [4.69, 9.17) is 0 Å². The molecule has 0 radical (unpaired) electrons. The van der Waals surface area contributed by atoms with Crippen LogP contribution in [0.3, 0.4) is 0 Å². The molecule has 156 valence electrons. The number of azo groups is 1. The summed E-state index contributed by atoms with van der Waals surface area (Å²) in [7, 11) is 0. The van der Waals surface area contributed by atoms with Crippen molar-refractivity contribution in [2.45, 2.75) is 6.92 Å². The Kier molecular flexibility index (Phi) is 5.00. The Labute approximate surface area is 186 Å². The van der Waals surface area contributed by atoms with Crippen LogP contribution in [0.1, 0.15) is 5.56 Å². The Morgan fingerprint density at radius 3 is 2.34 bits per heavy atom. The lowest BCUT2D eigenvalue weighted by Crippen LogP contribution is -1.90. The third-order valence-electron chi connectivity index (χ3n) is 4.93. The number of aromatic nitrogens is 3. The van der Waals surface area contributed by atoms with E-state index in [0.717, 1.165) is 22.5 Å². The summed E-state index contributed by atoms with van der Waals surface area (Å²) in [5.41, 5.74) is 4.31. The van der Waals surface area contributed by atoms with Gasteiger partial charge < -0.3 is 0 Å². The molecule has 0 unspecified atom stereocenters. The van der Waals surface area contributed by atoms with Gasteiger partial charge >= 0.3 is 0 Å². The summed E-state index contributed by atoms with van der Waals surface area (Å²) in [5, 5.41) is 25.3. The average Bonchev–Trinajstić information content (AvgIpc) is 3.37.